The van der Waals surface area contributed by atoms with Gasteiger partial charge in [-0.2, -0.15) is 5.26 Å². The molecule has 1 aromatic rings. The second kappa shape index (κ2) is 6.86. The lowest BCUT2D eigenvalue weighted by Gasteiger charge is -2.14. The van der Waals surface area contributed by atoms with Crippen LogP contribution >= 0.6 is 0 Å². The monoisotopic (exact) mass is 277 g/mol. The summed E-state index contributed by atoms with van der Waals surface area (Å²) in [5, 5.41) is 8.93. The van der Waals surface area contributed by atoms with Gasteiger partial charge in [0.05, 0.1) is 22.3 Å². The van der Waals surface area contributed by atoms with E-state index in [1.54, 1.807) is 0 Å². The maximum absolute atomic E-state index is 12.1. The Kier molecular flexibility index (Phi) is 5.75. The number of nitrogens with zero attached hydrogens (tertiary/aromatic N) is 1. The molecule has 0 aromatic heterocycles. The molecular formula is C16H23NOS. The van der Waals surface area contributed by atoms with Gasteiger partial charge >= 0.3 is 0 Å². The molecule has 1 unspecified atom stereocenters. The summed E-state index contributed by atoms with van der Waals surface area (Å²) in [6, 6.07) is 10.3. The molecule has 0 bridgehead atoms. The van der Waals surface area contributed by atoms with Crippen molar-refractivity contribution in [3.05, 3.63) is 29.8 Å². The van der Waals surface area contributed by atoms with Crippen LogP contribution in [0.3, 0.4) is 0 Å². The van der Waals surface area contributed by atoms with Gasteiger partial charge in [0, 0.05) is 10.6 Å². The van der Waals surface area contributed by atoms with Crippen LogP contribution in [0.15, 0.2) is 29.2 Å². The summed E-state index contributed by atoms with van der Waals surface area (Å²) in [7, 11) is -0.951. The third kappa shape index (κ3) is 5.16. The normalized spacial score (nSPS) is 13.3. The topological polar surface area (TPSA) is 40.9 Å². The molecule has 1 aromatic carbocycles. The van der Waals surface area contributed by atoms with Crippen LogP contribution in [-0.4, -0.2) is 9.96 Å². The second-order valence-corrected chi connectivity index (χ2v) is 7.44. The van der Waals surface area contributed by atoms with Crippen LogP contribution in [0.2, 0.25) is 0 Å². The predicted octanol–water partition coefficient (Wildman–Crippen LogP) is 4.25. The molecule has 0 radical (unpaired) electrons. The molecule has 0 N–H and O–H groups in total. The zero-order valence-electron chi connectivity index (χ0n) is 12.3. The Morgan fingerprint density at radius 2 is 1.84 bits per heavy atom. The Balaban J connectivity index is 2.53. The maximum atomic E-state index is 12.1. The average molecular weight is 277 g/mol. The molecule has 104 valence electrons. The second-order valence-electron chi connectivity index (χ2n) is 5.87. The fourth-order valence-electron chi connectivity index (χ4n) is 1.82. The van der Waals surface area contributed by atoms with Crippen molar-refractivity contribution in [2.45, 2.75) is 51.3 Å². The summed E-state index contributed by atoms with van der Waals surface area (Å²) in [5.74, 6) is 1.13. The van der Waals surface area contributed by atoms with Crippen molar-refractivity contribution in [2.24, 2.45) is 5.41 Å². The minimum Gasteiger partial charge on any atom is -0.254 e. The first kappa shape index (κ1) is 15.9. The molecule has 0 saturated heterocycles. The van der Waals surface area contributed by atoms with Crippen LogP contribution < -0.4 is 0 Å². The lowest BCUT2D eigenvalue weighted by atomic mass is 9.90. The van der Waals surface area contributed by atoms with Crippen molar-refractivity contribution in [2.75, 3.05) is 5.75 Å². The lowest BCUT2D eigenvalue weighted by Crippen LogP contribution is -2.10. The van der Waals surface area contributed by atoms with Crippen molar-refractivity contribution in [3.63, 3.8) is 0 Å². The zero-order valence-corrected chi connectivity index (χ0v) is 13.1. The van der Waals surface area contributed by atoms with Crippen LogP contribution in [0.25, 0.3) is 0 Å². The summed E-state index contributed by atoms with van der Waals surface area (Å²) in [6.07, 6.45) is 1.61. The third-order valence-electron chi connectivity index (χ3n) is 3.24. The summed E-state index contributed by atoms with van der Waals surface area (Å²) < 4.78 is 12.1. The molecule has 0 aliphatic rings. The molecule has 3 heteroatoms. The van der Waals surface area contributed by atoms with E-state index in [2.05, 4.69) is 32.0 Å². The van der Waals surface area contributed by atoms with E-state index in [1.807, 2.05) is 26.0 Å². The van der Waals surface area contributed by atoms with Gasteiger partial charge in [-0.05, 0) is 50.3 Å². The number of rotatable bonds is 6. The number of hydrogen-bond donors (Lipinski definition) is 0. The number of nitriles is 1. The molecule has 0 amide bonds. The van der Waals surface area contributed by atoms with Gasteiger partial charge < -0.3 is 0 Å². The van der Waals surface area contributed by atoms with Gasteiger partial charge in [0.2, 0.25) is 0 Å². The molecular weight excluding hydrogens is 254 g/mol. The fraction of sp³-hybridized carbons (Fsp3) is 0.562. The predicted molar refractivity (Wildman–Crippen MR) is 80.4 cm³/mol. The Labute approximate surface area is 119 Å². The molecule has 2 nitrogen and oxygen atoms in total. The Morgan fingerprint density at radius 1 is 1.26 bits per heavy atom. The SMILES string of the molecule is CC(C)c1ccc(S(=O)CCCC(C)(C)C#N)cc1. The molecule has 0 aliphatic heterocycles. The van der Waals surface area contributed by atoms with Gasteiger partial charge in [-0.3, -0.25) is 4.21 Å². The largest absolute Gasteiger partial charge is 0.254 e. The molecule has 1 rings (SSSR count). The molecule has 0 aliphatic carbocycles. The van der Waals surface area contributed by atoms with Gasteiger partial charge in [-0.15, -0.1) is 0 Å². The zero-order chi connectivity index (χ0) is 14.5. The summed E-state index contributed by atoms with van der Waals surface area (Å²) in [5.41, 5.74) is 0.956. The lowest BCUT2D eigenvalue weighted by molar-refractivity contribution is 0.447. The molecule has 0 saturated carbocycles. The standard InChI is InChI=1S/C16H23NOS/c1-13(2)14-6-8-15(9-7-14)19(18)11-5-10-16(3,4)12-17/h6-9,13H,5,10-11H2,1-4H3. The van der Waals surface area contributed by atoms with Gasteiger partial charge in [-0.1, -0.05) is 26.0 Å². The first-order valence-corrected chi connectivity index (χ1v) is 8.07. The molecule has 0 fully saturated rings. The van der Waals surface area contributed by atoms with Crippen LogP contribution in [0.5, 0.6) is 0 Å². The highest BCUT2D eigenvalue weighted by Gasteiger charge is 2.16. The van der Waals surface area contributed by atoms with Gasteiger partial charge in [0.1, 0.15) is 0 Å². The number of benzene rings is 1. The number of hydrogen-bond acceptors (Lipinski definition) is 2. The van der Waals surface area contributed by atoms with Crippen molar-refractivity contribution < 1.29 is 4.21 Å². The third-order valence-corrected chi connectivity index (χ3v) is 4.70. The van der Waals surface area contributed by atoms with Gasteiger partial charge in [-0.25, -0.2) is 0 Å². The van der Waals surface area contributed by atoms with E-state index in [4.69, 9.17) is 5.26 Å². The van der Waals surface area contributed by atoms with Gasteiger partial charge in [0.15, 0.2) is 0 Å². The van der Waals surface area contributed by atoms with Gasteiger partial charge in [0.25, 0.3) is 0 Å². The van der Waals surface area contributed by atoms with E-state index in [9.17, 15) is 4.21 Å². The van der Waals surface area contributed by atoms with E-state index in [1.165, 1.54) is 5.56 Å². The molecule has 19 heavy (non-hydrogen) atoms. The minimum atomic E-state index is -0.951. The molecule has 1 atom stereocenters. The van der Waals surface area contributed by atoms with Crippen LogP contribution in [0, 0.1) is 16.7 Å². The first-order chi connectivity index (χ1) is 8.85. The van der Waals surface area contributed by atoms with E-state index in [-0.39, 0.29) is 5.41 Å². The van der Waals surface area contributed by atoms with Crippen LogP contribution in [0.4, 0.5) is 0 Å². The van der Waals surface area contributed by atoms with E-state index in [0.29, 0.717) is 11.7 Å². The van der Waals surface area contributed by atoms with Crippen molar-refractivity contribution >= 4 is 10.8 Å². The molecule has 0 heterocycles. The van der Waals surface area contributed by atoms with Crippen LogP contribution in [-0.2, 0) is 10.8 Å². The van der Waals surface area contributed by atoms with Crippen molar-refractivity contribution in [1.82, 2.24) is 0 Å². The minimum absolute atomic E-state index is 0.314. The first-order valence-electron chi connectivity index (χ1n) is 6.75. The highest BCUT2D eigenvalue weighted by Crippen LogP contribution is 2.22. The van der Waals surface area contributed by atoms with Crippen molar-refractivity contribution in [3.8, 4) is 6.07 Å². The summed E-state index contributed by atoms with van der Waals surface area (Å²) >= 11 is 0. The fourth-order valence-corrected chi connectivity index (χ4v) is 2.91. The van der Waals surface area contributed by atoms with E-state index >= 15 is 0 Å². The van der Waals surface area contributed by atoms with E-state index < -0.39 is 10.8 Å². The average Bonchev–Trinajstić information content (AvgIpc) is 2.38. The maximum Gasteiger partial charge on any atom is 0.0683 e. The Bertz CT molecular complexity index is 469. The highest BCUT2D eigenvalue weighted by atomic mass is 32.2. The van der Waals surface area contributed by atoms with Crippen LogP contribution in [0.1, 0.15) is 52.0 Å². The molecule has 0 spiro atoms. The Morgan fingerprint density at radius 3 is 2.32 bits per heavy atom. The van der Waals surface area contributed by atoms with Crippen molar-refractivity contribution in [1.29, 1.82) is 5.26 Å². The quantitative estimate of drug-likeness (QED) is 0.780. The summed E-state index contributed by atoms with van der Waals surface area (Å²) in [6.45, 7) is 8.15. The highest BCUT2D eigenvalue weighted by molar-refractivity contribution is 7.85. The smallest absolute Gasteiger partial charge is 0.0683 e. The Hall–Kier alpha value is -1.14. The van der Waals surface area contributed by atoms with E-state index in [0.717, 1.165) is 17.7 Å². The summed E-state index contributed by atoms with van der Waals surface area (Å²) in [4.78, 5) is 0.888.